The Kier molecular flexibility index (Phi) is 6.36. The Bertz CT molecular complexity index is 705. The molecule has 1 aliphatic carbocycles. The second-order valence-corrected chi connectivity index (χ2v) is 7.64. The minimum absolute atomic E-state index is 0.0346. The zero-order valence-electron chi connectivity index (χ0n) is 15.2. The van der Waals surface area contributed by atoms with Crippen molar-refractivity contribution in [1.82, 2.24) is 5.32 Å². The molecule has 1 N–H and O–H groups in total. The maximum Gasteiger partial charge on any atom is 0.336 e. The van der Waals surface area contributed by atoms with E-state index in [2.05, 4.69) is 5.32 Å². The van der Waals surface area contributed by atoms with Gasteiger partial charge in [0.1, 0.15) is 6.10 Å². The average molecular weight is 376 g/mol. The summed E-state index contributed by atoms with van der Waals surface area (Å²) >= 11 is 6.35. The second kappa shape index (κ2) is 8.72. The highest BCUT2D eigenvalue weighted by molar-refractivity contribution is 6.31. The van der Waals surface area contributed by atoms with E-state index in [1.54, 1.807) is 13.0 Å². The van der Waals surface area contributed by atoms with Crippen LogP contribution in [0.25, 0.3) is 0 Å². The summed E-state index contributed by atoms with van der Waals surface area (Å²) in [5.41, 5.74) is 1.90. The lowest BCUT2D eigenvalue weighted by atomic mass is 9.84. The molecule has 0 bridgehead atoms. The van der Waals surface area contributed by atoms with E-state index in [9.17, 15) is 9.59 Å². The third-order valence-electron chi connectivity index (χ3n) is 5.30. The Hall–Kier alpha value is -1.81. The highest BCUT2D eigenvalue weighted by Crippen LogP contribution is 2.37. The molecular weight excluding hydrogens is 350 g/mol. The zero-order chi connectivity index (χ0) is 18.5. The SMILES string of the molecule is CC1=C(C(=O)OC2CCCCCCC2)[C@@H](c2ccccc2Cl)CC(=O)N1. The lowest BCUT2D eigenvalue weighted by molar-refractivity contribution is -0.145. The maximum atomic E-state index is 13.0. The lowest BCUT2D eigenvalue weighted by Gasteiger charge is -2.29. The topological polar surface area (TPSA) is 55.4 Å². The molecule has 0 aromatic heterocycles. The van der Waals surface area contributed by atoms with Crippen LogP contribution in [0.2, 0.25) is 5.02 Å². The summed E-state index contributed by atoms with van der Waals surface area (Å²) in [6.07, 6.45) is 7.88. The molecule has 3 rings (SSSR count). The summed E-state index contributed by atoms with van der Waals surface area (Å²) < 4.78 is 5.87. The molecule has 1 aliphatic heterocycles. The van der Waals surface area contributed by atoms with Crippen molar-refractivity contribution in [3.63, 3.8) is 0 Å². The van der Waals surface area contributed by atoms with Crippen LogP contribution in [0.15, 0.2) is 35.5 Å². The number of rotatable bonds is 3. The number of amides is 1. The van der Waals surface area contributed by atoms with Gasteiger partial charge in [-0.1, -0.05) is 49.1 Å². The zero-order valence-corrected chi connectivity index (χ0v) is 16.0. The van der Waals surface area contributed by atoms with Crippen LogP contribution in [0.3, 0.4) is 0 Å². The van der Waals surface area contributed by atoms with Crippen LogP contribution < -0.4 is 5.32 Å². The molecule has 1 aromatic carbocycles. The van der Waals surface area contributed by atoms with Crippen LogP contribution >= 0.6 is 11.6 Å². The van der Waals surface area contributed by atoms with Gasteiger partial charge in [-0.05, 0) is 44.2 Å². The number of ether oxygens (including phenoxy) is 1. The molecule has 0 spiro atoms. The number of allylic oxidation sites excluding steroid dienone is 1. The van der Waals surface area contributed by atoms with Crippen molar-refractivity contribution < 1.29 is 14.3 Å². The molecule has 1 atom stereocenters. The van der Waals surface area contributed by atoms with E-state index < -0.39 is 0 Å². The summed E-state index contributed by atoms with van der Waals surface area (Å²) in [4.78, 5) is 25.1. The Morgan fingerprint density at radius 3 is 2.46 bits per heavy atom. The van der Waals surface area contributed by atoms with Crippen molar-refractivity contribution in [2.75, 3.05) is 0 Å². The standard InChI is InChI=1S/C21H26ClNO3/c1-14-20(21(25)26-15-9-5-3-2-4-6-10-15)17(13-19(24)23-14)16-11-7-8-12-18(16)22/h7-8,11-12,15,17H,2-6,9-10,13H2,1H3,(H,23,24)/t17-/m1/s1. The van der Waals surface area contributed by atoms with Gasteiger partial charge in [0.2, 0.25) is 5.91 Å². The molecule has 1 amide bonds. The Morgan fingerprint density at radius 2 is 1.77 bits per heavy atom. The van der Waals surface area contributed by atoms with E-state index in [0.29, 0.717) is 16.3 Å². The number of halogens is 1. The van der Waals surface area contributed by atoms with Gasteiger partial charge in [-0.15, -0.1) is 0 Å². The van der Waals surface area contributed by atoms with Crippen molar-refractivity contribution in [2.45, 2.75) is 70.3 Å². The van der Waals surface area contributed by atoms with E-state index in [1.165, 1.54) is 19.3 Å². The Labute approximate surface area is 159 Å². The fourth-order valence-electron chi connectivity index (χ4n) is 3.95. The Balaban J connectivity index is 1.83. The molecule has 140 valence electrons. The maximum absolute atomic E-state index is 13.0. The lowest BCUT2D eigenvalue weighted by Crippen LogP contribution is -2.35. The van der Waals surface area contributed by atoms with E-state index in [-0.39, 0.29) is 30.3 Å². The van der Waals surface area contributed by atoms with Gasteiger partial charge in [-0.25, -0.2) is 4.79 Å². The predicted molar refractivity (Wildman–Crippen MR) is 102 cm³/mol. The number of hydrogen-bond donors (Lipinski definition) is 1. The van der Waals surface area contributed by atoms with Gasteiger partial charge in [0.15, 0.2) is 0 Å². The van der Waals surface area contributed by atoms with Crippen LogP contribution in [-0.2, 0) is 14.3 Å². The van der Waals surface area contributed by atoms with Gasteiger partial charge < -0.3 is 10.1 Å². The number of hydrogen-bond acceptors (Lipinski definition) is 3. The fraction of sp³-hybridized carbons (Fsp3) is 0.524. The van der Waals surface area contributed by atoms with Crippen LogP contribution in [-0.4, -0.2) is 18.0 Å². The molecule has 2 aliphatic rings. The normalized spacial score (nSPS) is 22.4. The van der Waals surface area contributed by atoms with Gasteiger partial charge in [-0.3, -0.25) is 4.79 Å². The first-order chi connectivity index (χ1) is 12.6. The van der Waals surface area contributed by atoms with Gasteiger partial charge in [0, 0.05) is 23.1 Å². The molecule has 0 unspecified atom stereocenters. The molecule has 4 nitrogen and oxygen atoms in total. The number of carbonyl (C=O) groups is 2. The quantitative estimate of drug-likeness (QED) is 0.766. The van der Waals surface area contributed by atoms with Crippen LogP contribution in [0.1, 0.15) is 69.8 Å². The third-order valence-corrected chi connectivity index (χ3v) is 5.64. The molecule has 0 radical (unpaired) electrons. The summed E-state index contributed by atoms with van der Waals surface area (Å²) in [5, 5.41) is 3.35. The molecular formula is C21H26ClNO3. The number of nitrogens with one attached hydrogen (secondary N) is 1. The molecule has 26 heavy (non-hydrogen) atoms. The molecule has 1 aromatic rings. The van der Waals surface area contributed by atoms with Crippen LogP contribution in [0.4, 0.5) is 0 Å². The van der Waals surface area contributed by atoms with Gasteiger partial charge in [0.25, 0.3) is 0 Å². The number of esters is 1. The Morgan fingerprint density at radius 1 is 1.12 bits per heavy atom. The van der Waals surface area contributed by atoms with Crippen molar-refractivity contribution in [1.29, 1.82) is 0 Å². The third kappa shape index (κ3) is 4.47. The van der Waals surface area contributed by atoms with Gasteiger partial charge >= 0.3 is 5.97 Å². The molecule has 1 heterocycles. The fourth-order valence-corrected chi connectivity index (χ4v) is 4.21. The smallest absolute Gasteiger partial charge is 0.336 e. The first-order valence-electron chi connectivity index (χ1n) is 9.52. The summed E-state index contributed by atoms with van der Waals surface area (Å²) in [6.45, 7) is 1.76. The van der Waals surface area contributed by atoms with Crippen LogP contribution in [0.5, 0.6) is 0 Å². The molecule has 1 saturated carbocycles. The van der Waals surface area contributed by atoms with Crippen LogP contribution in [0, 0.1) is 0 Å². The van der Waals surface area contributed by atoms with Crippen molar-refractivity contribution in [3.8, 4) is 0 Å². The monoisotopic (exact) mass is 375 g/mol. The van der Waals surface area contributed by atoms with Crippen molar-refractivity contribution >= 4 is 23.5 Å². The van der Waals surface area contributed by atoms with E-state index >= 15 is 0 Å². The van der Waals surface area contributed by atoms with Crippen molar-refractivity contribution in [3.05, 3.63) is 46.1 Å². The minimum Gasteiger partial charge on any atom is -0.459 e. The van der Waals surface area contributed by atoms with Crippen molar-refractivity contribution in [2.24, 2.45) is 0 Å². The summed E-state index contributed by atoms with van der Waals surface area (Å²) in [7, 11) is 0. The largest absolute Gasteiger partial charge is 0.459 e. The van der Waals surface area contributed by atoms with E-state index in [1.807, 2.05) is 18.2 Å². The molecule has 1 fully saturated rings. The average Bonchev–Trinajstić information content (AvgIpc) is 2.56. The molecule has 0 saturated heterocycles. The molecule has 5 heteroatoms. The van der Waals surface area contributed by atoms with Gasteiger partial charge in [0.05, 0.1) is 5.57 Å². The van der Waals surface area contributed by atoms with Gasteiger partial charge in [-0.2, -0.15) is 0 Å². The highest BCUT2D eigenvalue weighted by Gasteiger charge is 2.34. The first kappa shape index (κ1) is 19.0. The number of benzene rings is 1. The second-order valence-electron chi connectivity index (χ2n) is 7.24. The predicted octanol–water partition coefficient (Wildman–Crippen LogP) is 4.87. The highest BCUT2D eigenvalue weighted by atomic mass is 35.5. The first-order valence-corrected chi connectivity index (χ1v) is 9.90. The number of carbonyl (C=O) groups excluding carboxylic acids is 2. The van der Waals surface area contributed by atoms with E-state index in [4.69, 9.17) is 16.3 Å². The summed E-state index contributed by atoms with van der Waals surface area (Å²) in [5.74, 6) is -0.786. The minimum atomic E-state index is -0.362. The summed E-state index contributed by atoms with van der Waals surface area (Å²) in [6, 6.07) is 7.39. The van der Waals surface area contributed by atoms with E-state index in [0.717, 1.165) is 31.2 Å².